The molecule has 1 unspecified atom stereocenters. The predicted octanol–water partition coefficient (Wildman–Crippen LogP) is 13.7. The smallest absolute Gasteiger partial charge is 0.132 e. The van der Waals surface area contributed by atoms with E-state index in [9.17, 15) is 0 Å². The highest BCUT2D eigenvalue weighted by Gasteiger charge is 2.53. The first-order valence-corrected chi connectivity index (χ1v) is 19.3. The van der Waals surface area contributed by atoms with Crippen LogP contribution in [0.1, 0.15) is 53.1 Å². The highest BCUT2D eigenvalue weighted by atomic mass is 79.9. The number of para-hydroxylation sites is 2. The highest BCUT2D eigenvalue weighted by molar-refractivity contribution is 9.10. The minimum atomic E-state index is -0.613. The van der Waals surface area contributed by atoms with Gasteiger partial charge in [-0.1, -0.05) is 157 Å². The zero-order valence-corrected chi connectivity index (χ0v) is 31.1. The van der Waals surface area contributed by atoms with Crippen molar-refractivity contribution >= 4 is 43.8 Å². The molecule has 2 atom stereocenters. The van der Waals surface area contributed by atoms with Gasteiger partial charge in [0.15, 0.2) is 0 Å². The van der Waals surface area contributed by atoms with Crippen molar-refractivity contribution in [2.45, 2.75) is 30.6 Å². The average Bonchev–Trinajstić information content (AvgIpc) is 3.62. The zero-order chi connectivity index (χ0) is 35.5. The molecule has 0 bridgehead atoms. The predicted molar refractivity (Wildman–Crippen MR) is 221 cm³/mol. The first kappa shape index (κ1) is 30.9. The molecule has 7 aromatic rings. The van der Waals surface area contributed by atoms with E-state index in [1.54, 1.807) is 0 Å². The number of halogens is 1. The lowest BCUT2D eigenvalue weighted by Crippen LogP contribution is -2.33. The molecule has 4 aliphatic rings. The number of fused-ring (bicyclic) bond motifs is 13. The van der Waals surface area contributed by atoms with Gasteiger partial charge in [0.25, 0.3) is 0 Å². The molecule has 1 heterocycles. The molecule has 7 aromatic carbocycles. The van der Waals surface area contributed by atoms with Crippen molar-refractivity contribution in [1.29, 1.82) is 0 Å². The summed E-state index contributed by atoms with van der Waals surface area (Å²) in [4.78, 5) is 2.55. The summed E-state index contributed by atoms with van der Waals surface area (Å²) < 4.78 is 7.81. The van der Waals surface area contributed by atoms with Crippen molar-refractivity contribution in [3.63, 3.8) is 0 Å². The van der Waals surface area contributed by atoms with Gasteiger partial charge in [-0.05, 0) is 87.0 Å². The topological polar surface area (TPSA) is 12.5 Å². The van der Waals surface area contributed by atoms with Crippen molar-refractivity contribution in [3.8, 4) is 22.6 Å². The van der Waals surface area contributed by atoms with Gasteiger partial charge in [-0.3, -0.25) is 0 Å². The number of anilines is 3. The van der Waals surface area contributed by atoms with E-state index in [2.05, 4.69) is 205 Å². The van der Waals surface area contributed by atoms with Gasteiger partial charge in [-0.15, -0.1) is 0 Å². The summed E-state index contributed by atoms with van der Waals surface area (Å²) in [5, 5.41) is 2.38. The Morgan fingerprint density at radius 1 is 0.566 bits per heavy atom. The molecule has 0 saturated heterocycles. The van der Waals surface area contributed by atoms with E-state index in [4.69, 9.17) is 4.74 Å². The molecule has 0 fully saturated rings. The molecular weight excluding hydrogens is 710 g/mol. The third-order valence-electron chi connectivity index (χ3n) is 12.5. The molecule has 0 aromatic heterocycles. The average molecular weight is 747 g/mol. The number of ether oxygens (including phenoxy) is 1. The van der Waals surface area contributed by atoms with Crippen LogP contribution in [0.2, 0.25) is 0 Å². The van der Waals surface area contributed by atoms with Crippen LogP contribution in [0.4, 0.5) is 17.1 Å². The summed E-state index contributed by atoms with van der Waals surface area (Å²) >= 11 is 3.90. The lowest BCUT2D eigenvalue weighted by Gasteiger charge is -2.41. The summed E-state index contributed by atoms with van der Waals surface area (Å²) in [6.07, 6.45) is 9.25. The summed E-state index contributed by atoms with van der Waals surface area (Å²) in [5.74, 6) is 2.60. The van der Waals surface area contributed by atoms with Crippen molar-refractivity contribution < 1.29 is 4.74 Å². The molecule has 11 rings (SSSR count). The van der Waals surface area contributed by atoms with Gasteiger partial charge in [0, 0.05) is 38.2 Å². The Labute approximate surface area is 318 Å². The maximum atomic E-state index is 6.72. The molecule has 3 aliphatic carbocycles. The lowest BCUT2D eigenvalue weighted by molar-refractivity contribution is 0.394. The Morgan fingerprint density at radius 2 is 1.23 bits per heavy atom. The van der Waals surface area contributed by atoms with Gasteiger partial charge in [0.2, 0.25) is 0 Å². The molecule has 2 nitrogen and oxygen atoms in total. The van der Waals surface area contributed by atoms with Crippen LogP contribution in [-0.2, 0) is 10.8 Å². The number of nitrogens with zero attached hydrogens (tertiary/aromatic N) is 1. The molecule has 3 heteroatoms. The maximum Gasteiger partial charge on any atom is 0.132 e. The molecule has 1 spiro atoms. The number of hydrogen-bond acceptors (Lipinski definition) is 2. The van der Waals surface area contributed by atoms with Crippen LogP contribution in [0.15, 0.2) is 174 Å². The first-order valence-electron chi connectivity index (χ1n) is 18.5. The zero-order valence-electron chi connectivity index (χ0n) is 29.6. The van der Waals surface area contributed by atoms with Crippen molar-refractivity contribution in [2.24, 2.45) is 5.92 Å². The SMILES string of the molecule is CC1(C)c2cc(N(c3cccc4c3C3(c5ccccc5Oc5ccccc53)c3ccccc3-4)c3ccc(Br)c4ccccc34)ccc2[C@H]2C=CC=CC21. The van der Waals surface area contributed by atoms with Crippen LogP contribution in [0.25, 0.3) is 21.9 Å². The second-order valence-electron chi connectivity index (χ2n) is 15.4. The quantitative estimate of drug-likeness (QED) is 0.179. The van der Waals surface area contributed by atoms with Crippen LogP contribution in [0.5, 0.6) is 11.5 Å². The van der Waals surface area contributed by atoms with E-state index in [1.807, 2.05) is 0 Å². The van der Waals surface area contributed by atoms with Gasteiger partial charge in [0.1, 0.15) is 11.5 Å². The van der Waals surface area contributed by atoms with E-state index in [-0.39, 0.29) is 5.41 Å². The van der Waals surface area contributed by atoms with Crippen LogP contribution >= 0.6 is 15.9 Å². The first-order chi connectivity index (χ1) is 26.0. The Balaban J connectivity index is 1.27. The summed E-state index contributed by atoms with van der Waals surface area (Å²) in [6.45, 7) is 4.84. The van der Waals surface area contributed by atoms with Crippen LogP contribution in [-0.4, -0.2) is 0 Å². The van der Waals surface area contributed by atoms with E-state index in [1.165, 1.54) is 44.2 Å². The minimum absolute atomic E-state index is 0.0284. The van der Waals surface area contributed by atoms with E-state index < -0.39 is 5.41 Å². The third-order valence-corrected chi connectivity index (χ3v) is 13.2. The molecule has 0 N–H and O–H groups in total. The Hall–Kier alpha value is -5.64. The molecule has 254 valence electrons. The van der Waals surface area contributed by atoms with E-state index >= 15 is 0 Å². The molecule has 53 heavy (non-hydrogen) atoms. The number of rotatable bonds is 3. The molecule has 0 saturated carbocycles. The summed E-state index contributed by atoms with van der Waals surface area (Å²) in [6, 6.07) is 53.7. The highest BCUT2D eigenvalue weighted by Crippen LogP contribution is 2.65. The van der Waals surface area contributed by atoms with Gasteiger partial charge >= 0.3 is 0 Å². The molecule has 0 amide bonds. The van der Waals surface area contributed by atoms with Gasteiger partial charge in [0.05, 0.1) is 16.8 Å². The van der Waals surface area contributed by atoms with Crippen LogP contribution in [0.3, 0.4) is 0 Å². The van der Waals surface area contributed by atoms with Gasteiger partial charge < -0.3 is 9.64 Å². The fraction of sp³-hybridized carbons (Fsp3) is 0.120. The largest absolute Gasteiger partial charge is 0.457 e. The minimum Gasteiger partial charge on any atom is -0.457 e. The number of benzene rings is 7. The Kier molecular flexibility index (Phi) is 6.53. The van der Waals surface area contributed by atoms with Crippen LogP contribution in [0, 0.1) is 5.92 Å². The number of allylic oxidation sites excluding steroid dienone is 4. The van der Waals surface area contributed by atoms with Crippen molar-refractivity contribution in [1.82, 2.24) is 0 Å². The summed E-state index contributed by atoms with van der Waals surface area (Å²) in [5.41, 5.74) is 13.1. The van der Waals surface area contributed by atoms with Crippen molar-refractivity contribution in [2.75, 3.05) is 4.90 Å². The van der Waals surface area contributed by atoms with Crippen LogP contribution < -0.4 is 9.64 Å². The van der Waals surface area contributed by atoms with Gasteiger partial charge in [-0.25, -0.2) is 0 Å². The van der Waals surface area contributed by atoms with Gasteiger partial charge in [-0.2, -0.15) is 0 Å². The monoisotopic (exact) mass is 745 g/mol. The third kappa shape index (κ3) is 4.09. The Bertz CT molecular complexity index is 2690. The maximum absolute atomic E-state index is 6.72. The summed E-state index contributed by atoms with van der Waals surface area (Å²) in [7, 11) is 0. The molecule has 0 radical (unpaired) electrons. The van der Waals surface area contributed by atoms with E-state index in [0.717, 1.165) is 44.2 Å². The van der Waals surface area contributed by atoms with Crippen molar-refractivity contribution in [3.05, 3.63) is 208 Å². The molecular formula is C50H36BrNO. The second-order valence-corrected chi connectivity index (χ2v) is 16.2. The lowest BCUT2D eigenvalue weighted by atomic mass is 9.65. The normalized spacial score (nSPS) is 18.8. The second kappa shape index (κ2) is 11.2. The number of hydrogen-bond donors (Lipinski definition) is 0. The standard InChI is InChI=1S/C50H36BrNO/c1-49(2)38-19-7-5-14-32(38)34-27-26-31(30-42(34)49)52(44-29-28-43(51)35-16-3-4-17-36(35)44)45-23-13-18-37-33-15-6-8-20-39(33)50(48(37)45)40-21-9-11-24-46(40)53-47-25-12-10-22-41(47)50/h3-30,32,38H,1-2H3/t32-,38?/m1/s1. The van der Waals surface area contributed by atoms with E-state index in [0.29, 0.717) is 11.8 Å². The fourth-order valence-electron chi connectivity index (χ4n) is 10.2. The fourth-order valence-corrected chi connectivity index (χ4v) is 10.7. The Morgan fingerprint density at radius 3 is 2.02 bits per heavy atom. The molecule has 1 aliphatic heterocycles.